The van der Waals surface area contributed by atoms with Gasteiger partial charge in [0.05, 0.1) is 5.02 Å². The Balaban J connectivity index is 1.94. The maximum atomic E-state index is 13.2. The average Bonchev–Trinajstić information content (AvgIpc) is 2.42. The molecule has 2 unspecified atom stereocenters. The number of carboxylic acid groups (broad SMARTS) is 1. The molecule has 0 bridgehead atoms. The van der Waals surface area contributed by atoms with E-state index in [0.29, 0.717) is 5.92 Å². The molecule has 1 saturated heterocycles. The first-order valence-electron chi connectivity index (χ1n) is 7.33. The van der Waals surface area contributed by atoms with Gasteiger partial charge in [0, 0.05) is 19.5 Å². The van der Waals surface area contributed by atoms with E-state index >= 15 is 0 Å². The minimum atomic E-state index is -0.732. The second-order valence-corrected chi connectivity index (χ2v) is 6.37. The van der Waals surface area contributed by atoms with Crippen LogP contribution in [0.1, 0.15) is 31.7 Å². The Morgan fingerprint density at radius 3 is 3.00 bits per heavy atom. The van der Waals surface area contributed by atoms with Gasteiger partial charge in [-0.15, -0.1) is 0 Å². The lowest BCUT2D eigenvalue weighted by Crippen LogP contribution is -2.37. The van der Waals surface area contributed by atoms with Gasteiger partial charge in [-0.3, -0.25) is 9.69 Å². The van der Waals surface area contributed by atoms with Gasteiger partial charge in [0.25, 0.3) is 0 Å². The summed E-state index contributed by atoms with van der Waals surface area (Å²) in [6.07, 6.45) is 2.37. The van der Waals surface area contributed by atoms with E-state index in [1.165, 1.54) is 6.07 Å². The molecule has 116 valence electrons. The van der Waals surface area contributed by atoms with E-state index in [2.05, 4.69) is 4.90 Å². The van der Waals surface area contributed by atoms with Crippen LogP contribution in [-0.4, -0.2) is 29.1 Å². The summed E-state index contributed by atoms with van der Waals surface area (Å²) in [6.45, 7) is 4.63. The predicted octanol–water partition coefficient (Wildman–Crippen LogP) is 3.80. The molecular formula is C16H21ClFNO2. The minimum Gasteiger partial charge on any atom is -0.481 e. The Hall–Kier alpha value is -1.13. The Kier molecular flexibility index (Phi) is 5.59. The fourth-order valence-corrected chi connectivity index (χ4v) is 3.24. The van der Waals surface area contributed by atoms with Crippen molar-refractivity contribution in [2.75, 3.05) is 13.1 Å². The van der Waals surface area contributed by atoms with Gasteiger partial charge in [0.1, 0.15) is 5.82 Å². The van der Waals surface area contributed by atoms with Crippen molar-refractivity contribution in [3.63, 3.8) is 0 Å². The number of likely N-dealkylation sites (tertiary alicyclic amines) is 1. The molecule has 2 rings (SSSR count). The summed E-state index contributed by atoms with van der Waals surface area (Å²) in [7, 11) is 0. The van der Waals surface area contributed by atoms with Crippen molar-refractivity contribution in [2.45, 2.75) is 32.7 Å². The summed E-state index contributed by atoms with van der Waals surface area (Å²) in [5.74, 6) is -0.537. The van der Waals surface area contributed by atoms with Crippen molar-refractivity contribution in [1.82, 2.24) is 4.90 Å². The maximum Gasteiger partial charge on any atom is 0.303 e. The molecule has 1 fully saturated rings. The smallest absolute Gasteiger partial charge is 0.303 e. The maximum absolute atomic E-state index is 13.2. The van der Waals surface area contributed by atoms with Crippen molar-refractivity contribution in [3.8, 4) is 0 Å². The van der Waals surface area contributed by atoms with Gasteiger partial charge in [-0.25, -0.2) is 4.39 Å². The van der Waals surface area contributed by atoms with Gasteiger partial charge in [0.15, 0.2) is 0 Å². The molecule has 21 heavy (non-hydrogen) atoms. The SMILES string of the molecule is CC(CC(=O)O)C1CCCN(Cc2ccc(F)c(Cl)c2)C1. The van der Waals surface area contributed by atoms with Crippen LogP contribution >= 0.6 is 11.6 Å². The summed E-state index contributed by atoms with van der Waals surface area (Å²) >= 11 is 5.81. The average molecular weight is 314 g/mol. The van der Waals surface area contributed by atoms with E-state index in [-0.39, 0.29) is 17.4 Å². The highest BCUT2D eigenvalue weighted by atomic mass is 35.5. The van der Waals surface area contributed by atoms with E-state index < -0.39 is 11.8 Å². The van der Waals surface area contributed by atoms with Crippen LogP contribution in [0.4, 0.5) is 4.39 Å². The van der Waals surface area contributed by atoms with E-state index in [1.807, 2.05) is 6.92 Å². The van der Waals surface area contributed by atoms with Gasteiger partial charge in [-0.2, -0.15) is 0 Å². The van der Waals surface area contributed by atoms with Crippen LogP contribution in [0.25, 0.3) is 0 Å². The summed E-state index contributed by atoms with van der Waals surface area (Å²) in [5.41, 5.74) is 0.993. The van der Waals surface area contributed by atoms with Crippen LogP contribution in [0, 0.1) is 17.7 Å². The molecule has 0 aromatic heterocycles. The van der Waals surface area contributed by atoms with Crippen molar-refractivity contribution >= 4 is 17.6 Å². The number of piperidine rings is 1. The molecule has 1 heterocycles. The number of hydrogen-bond donors (Lipinski definition) is 1. The van der Waals surface area contributed by atoms with E-state index in [0.717, 1.165) is 38.0 Å². The minimum absolute atomic E-state index is 0.153. The molecule has 1 N–H and O–H groups in total. The van der Waals surface area contributed by atoms with Crippen molar-refractivity contribution in [3.05, 3.63) is 34.6 Å². The van der Waals surface area contributed by atoms with E-state index in [9.17, 15) is 9.18 Å². The van der Waals surface area contributed by atoms with Crippen LogP contribution < -0.4 is 0 Å². The number of halogens is 2. The Morgan fingerprint density at radius 2 is 2.33 bits per heavy atom. The summed E-state index contributed by atoms with van der Waals surface area (Å²) < 4.78 is 13.2. The number of benzene rings is 1. The van der Waals surface area contributed by atoms with Crippen LogP contribution in [-0.2, 0) is 11.3 Å². The fraction of sp³-hybridized carbons (Fsp3) is 0.562. The number of carbonyl (C=O) groups is 1. The zero-order chi connectivity index (χ0) is 15.4. The van der Waals surface area contributed by atoms with Crippen LogP contribution in [0.15, 0.2) is 18.2 Å². The van der Waals surface area contributed by atoms with Crippen LogP contribution in [0.3, 0.4) is 0 Å². The second-order valence-electron chi connectivity index (χ2n) is 5.96. The Labute approximate surface area is 129 Å². The van der Waals surface area contributed by atoms with Crippen molar-refractivity contribution in [2.24, 2.45) is 11.8 Å². The number of carboxylic acids is 1. The predicted molar refractivity (Wildman–Crippen MR) is 80.8 cm³/mol. The molecule has 5 heteroatoms. The van der Waals surface area contributed by atoms with E-state index in [1.54, 1.807) is 12.1 Å². The van der Waals surface area contributed by atoms with Gasteiger partial charge >= 0.3 is 5.97 Å². The molecule has 2 atom stereocenters. The summed E-state index contributed by atoms with van der Waals surface area (Å²) in [5, 5.41) is 9.06. The molecule has 1 aliphatic heterocycles. The largest absolute Gasteiger partial charge is 0.481 e. The quantitative estimate of drug-likeness (QED) is 0.899. The first-order chi connectivity index (χ1) is 9.95. The molecule has 3 nitrogen and oxygen atoms in total. The zero-order valence-electron chi connectivity index (χ0n) is 12.2. The van der Waals surface area contributed by atoms with Gasteiger partial charge in [-0.05, 0) is 48.9 Å². The molecule has 1 aromatic carbocycles. The summed E-state index contributed by atoms with van der Waals surface area (Å²) in [6, 6.07) is 4.82. The first kappa shape index (κ1) is 16.2. The van der Waals surface area contributed by atoms with Crippen molar-refractivity contribution < 1.29 is 14.3 Å². The number of aliphatic carboxylic acids is 1. The molecule has 0 saturated carbocycles. The second kappa shape index (κ2) is 7.23. The fourth-order valence-electron chi connectivity index (χ4n) is 3.04. The third-order valence-corrected chi connectivity index (χ3v) is 4.52. The number of hydrogen-bond acceptors (Lipinski definition) is 2. The lowest BCUT2D eigenvalue weighted by atomic mass is 9.84. The van der Waals surface area contributed by atoms with Gasteiger partial charge in [0.2, 0.25) is 0 Å². The number of rotatable bonds is 5. The molecule has 1 aromatic rings. The Bertz CT molecular complexity index is 509. The lowest BCUT2D eigenvalue weighted by Gasteiger charge is -2.35. The highest BCUT2D eigenvalue weighted by Gasteiger charge is 2.26. The molecule has 0 radical (unpaired) electrons. The number of nitrogens with zero attached hydrogens (tertiary/aromatic N) is 1. The monoisotopic (exact) mass is 313 g/mol. The van der Waals surface area contributed by atoms with Gasteiger partial charge < -0.3 is 5.11 Å². The van der Waals surface area contributed by atoms with Gasteiger partial charge in [-0.1, -0.05) is 24.6 Å². The standard InChI is InChI=1S/C16H21ClFNO2/c1-11(7-16(20)21)13-3-2-6-19(10-13)9-12-4-5-15(18)14(17)8-12/h4-5,8,11,13H,2-3,6-7,9-10H2,1H3,(H,20,21). The third-order valence-electron chi connectivity index (χ3n) is 4.23. The van der Waals surface area contributed by atoms with E-state index in [4.69, 9.17) is 16.7 Å². The van der Waals surface area contributed by atoms with Crippen LogP contribution in [0.5, 0.6) is 0 Å². The van der Waals surface area contributed by atoms with Crippen LogP contribution in [0.2, 0.25) is 5.02 Å². The molecule has 0 aliphatic carbocycles. The molecule has 0 spiro atoms. The van der Waals surface area contributed by atoms with Crippen molar-refractivity contribution in [1.29, 1.82) is 0 Å². The highest BCUT2D eigenvalue weighted by molar-refractivity contribution is 6.30. The molecular weight excluding hydrogens is 293 g/mol. The molecule has 0 amide bonds. The third kappa shape index (κ3) is 4.68. The normalized spacial score (nSPS) is 21.2. The highest BCUT2D eigenvalue weighted by Crippen LogP contribution is 2.27. The first-order valence-corrected chi connectivity index (χ1v) is 7.71. The summed E-state index contributed by atoms with van der Waals surface area (Å²) in [4.78, 5) is 13.1. The lowest BCUT2D eigenvalue weighted by molar-refractivity contribution is -0.138. The zero-order valence-corrected chi connectivity index (χ0v) is 12.9. The Morgan fingerprint density at radius 1 is 1.57 bits per heavy atom. The molecule has 1 aliphatic rings. The topological polar surface area (TPSA) is 40.5 Å².